The molecule has 5 nitrogen and oxygen atoms in total. The first kappa shape index (κ1) is 9.40. The molecule has 0 aliphatic heterocycles. The number of nitrogen functional groups attached to an aromatic ring is 1. The molecule has 1 aromatic heterocycles. The van der Waals surface area contributed by atoms with Gasteiger partial charge in [-0.2, -0.15) is 0 Å². The highest BCUT2D eigenvalue weighted by Crippen LogP contribution is 2.16. The number of hydrogen-bond acceptors (Lipinski definition) is 5. The zero-order chi connectivity index (χ0) is 9.35. The van der Waals surface area contributed by atoms with E-state index in [1.165, 1.54) is 12.5 Å². The van der Waals surface area contributed by atoms with Gasteiger partial charge in [-0.05, 0) is 15.9 Å². The van der Waals surface area contributed by atoms with E-state index in [1.54, 1.807) is 0 Å². The van der Waals surface area contributed by atoms with Gasteiger partial charge in [0, 0.05) is 12.5 Å². The van der Waals surface area contributed by atoms with Gasteiger partial charge in [0.15, 0.2) is 0 Å². The molecular formula is C5H7BrN4OS. The minimum Gasteiger partial charge on any atom is -0.383 e. The van der Waals surface area contributed by atoms with Gasteiger partial charge in [0.2, 0.25) is 5.16 Å². The van der Waals surface area contributed by atoms with Crippen LogP contribution in [0.2, 0.25) is 0 Å². The number of nitrogens with zero attached hydrogens (tertiary/aromatic N) is 2. The summed E-state index contributed by atoms with van der Waals surface area (Å²) in [6, 6.07) is 0. The van der Waals surface area contributed by atoms with E-state index >= 15 is 0 Å². The predicted molar refractivity (Wildman–Crippen MR) is 49.2 cm³/mol. The van der Waals surface area contributed by atoms with Gasteiger partial charge in [-0.15, -0.1) is 0 Å². The fourth-order valence-electron chi connectivity index (χ4n) is 0.551. The van der Waals surface area contributed by atoms with Crippen molar-refractivity contribution in [2.45, 2.75) is 5.16 Å². The number of nitrogens with two attached hydrogens (primary N) is 1. The summed E-state index contributed by atoms with van der Waals surface area (Å²) in [4.78, 5) is 7.41. The van der Waals surface area contributed by atoms with Crippen LogP contribution in [0.15, 0.2) is 15.8 Å². The van der Waals surface area contributed by atoms with Crippen molar-refractivity contribution in [2.24, 2.45) is 0 Å². The summed E-state index contributed by atoms with van der Waals surface area (Å²) < 4.78 is 18.8. The molecule has 0 saturated heterocycles. The van der Waals surface area contributed by atoms with Crippen molar-refractivity contribution in [1.29, 1.82) is 4.78 Å². The van der Waals surface area contributed by atoms with E-state index in [-0.39, 0.29) is 11.0 Å². The van der Waals surface area contributed by atoms with Gasteiger partial charge >= 0.3 is 0 Å². The third-order valence-electron chi connectivity index (χ3n) is 1.10. The third kappa shape index (κ3) is 1.92. The topological polar surface area (TPSA) is 92.7 Å². The average Bonchev–Trinajstić information content (AvgIpc) is 1.92. The molecule has 0 aliphatic carbocycles. The summed E-state index contributed by atoms with van der Waals surface area (Å²) in [5.74, 6) is 0.196. The lowest BCUT2D eigenvalue weighted by atomic mass is 10.6. The van der Waals surface area contributed by atoms with Crippen molar-refractivity contribution in [3.05, 3.63) is 10.7 Å². The first-order chi connectivity index (χ1) is 5.41. The number of anilines is 1. The van der Waals surface area contributed by atoms with Crippen molar-refractivity contribution in [2.75, 3.05) is 12.0 Å². The van der Waals surface area contributed by atoms with Crippen molar-refractivity contribution in [3.8, 4) is 0 Å². The highest BCUT2D eigenvalue weighted by atomic mass is 79.9. The summed E-state index contributed by atoms with van der Waals surface area (Å²) in [6.07, 6.45) is 2.63. The molecule has 12 heavy (non-hydrogen) atoms. The minimum atomic E-state index is -2.87. The molecule has 0 aliphatic rings. The van der Waals surface area contributed by atoms with E-state index in [9.17, 15) is 4.21 Å². The Bertz CT molecular complexity index is 402. The second-order valence-corrected chi connectivity index (χ2v) is 5.14. The number of aromatic nitrogens is 2. The Hall–Kier alpha value is -0.690. The lowest BCUT2D eigenvalue weighted by molar-refractivity contribution is 0.671. The van der Waals surface area contributed by atoms with Crippen LogP contribution in [0.4, 0.5) is 5.82 Å². The van der Waals surface area contributed by atoms with Gasteiger partial charge in [-0.1, -0.05) is 0 Å². The lowest BCUT2D eigenvalue weighted by Crippen LogP contribution is -2.04. The van der Waals surface area contributed by atoms with Gasteiger partial charge < -0.3 is 5.73 Å². The van der Waals surface area contributed by atoms with E-state index in [0.29, 0.717) is 4.47 Å². The fraction of sp³-hybridized carbons (Fsp3) is 0.200. The summed E-state index contributed by atoms with van der Waals surface area (Å²) in [5.41, 5.74) is 5.41. The Morgan fingerprint density at radius 1 is 1.75 bits per heavy atom. The zero-order valence-electron chi connectivity index (χ0n) is 6.24. The Morgan fingerprint density at radius 3 is 2.75 bits per heavy atom. The summed E-state index contributed by atoms with van der Waals surface area (Å²) in [7, 11) is -2.87. The maximum atomic E-state index is 11.1. The highest BCUT2D eigenvalue weighted by molar-refractivity contribution is 9.10. The van der Waals surface area contributed by atoms with Gasteiger partial charge in [0.05, 0.1) is 4.47 Å². The standard InChI is InChI=1S/C5H7BrN4OS/c1-12(8,11)5-9-2-3(6)4(7)10-5/h2,8H,1H3,(H2,7,9,10). The normalized spacial score (nSPS) is 15.5. The molecule has 0 saturated carbocycles. The number of hydrogen-bond donors (Lipinski definition) is 2. The number of halogens is 1. The van der Waals surface area contributed by atoms with Crippen LogP contribution in [-0.2, 0) is 9.73 Å². The summed E-state index contributed by atoms with van der Waals surface area (Å²) >= 11 is 3.09. The van der Waals surface area contributed by atoms with Crippen molar-refractivity contribution in [3.63, 3.8) is 0 Å². The van der Waals surface area contributed by atoms with E-state index in [4.69, 9.17) is 10.5 Å². The van der Waals surface area contributed by atoms with Crippen LogP contribution in [0.25, 0.3) is 0 Å². The largest absolute Gasteiger partial charge is 0.383 e. The van der Waals surface area contributed by atoms with Crippen molar-refractivity contribution < 1.29 is 4.21 Å². The number of nitrogens with one attached hydrogen (secondary N) is 1. The molecule has 1 heterocycles. The molecule has 0 amide bonds. The van der Waals surface area contributed by atoms with Crippen LogP contribution in [0.5, 0.6) is 0 Å². The smallest absolute Gasteiger partial charge is 0.228 e. The van der Waals surface area contributed by atoms with Crippen LogP contribution >= 0.6 is 15.9 Å². The molecule has 0 bridgehead atoms. The fourth-order valence-corrected chi connectivity index (χ4v) is 1.27. The Kier molecular flexibility index (Phi) is 2.34. The van der Waals surface area contributed by atoms with Gasteiger partial charge in [0.1, 0.15) is 15.5 Å². The van der Waals surface area contributed by atoms with Crippen LogP contribution in [0.3, 0.4) is 0 Å². The minimum absolute atomic E-state index is 0.0387. The van der Waals surface area contributed by atoms with Gasteiger partial charge in [0.25, 0.3) is 0 Å². The van der Waals surface area contributed by atoms with Crippen molar-refractivity contribution in [1.82, 2.24) is 9.97 Å². The van der Waals surface area contributed by atoms with E-state index in [1.807, 2.05) is 0 Å². The zero-order valence-corrected chi connectivity index (χ0v) is 8.65. The highest BCUT2D eigenvalue weighted by Gasteiger charge is 2.08. The van der Waals surface area contributed by atoms with Gasteiger partial charge in [-0.25, -0.2) is 19.0 Å². The third-order valence-corrected chi connectivity index (χ3v) is 2.60. The summed E-state index contributed by atoms with van der Waals surface area (Å²) in [5, 5.41) is -0.0387. The molecule has 1 atom stereocenters. The molecule has 7 heteroatoms. The maximum Gasteiger partial charge on any atom is 0.228 e. The van der Waals surface area contributed by atoms with Crippen LogP contribution in [-0.4, -0.2) is 20.4 Å². The first-order valence-corrected chi connectivity index (χ1v) is 5.69. The molecular weight excluding hydrogens is 244 g/mol. The van der Waals surface area contributed by atoms with E-state index < -0.39 is 9.73 Å². The molecule has 1 unspecified atom stereocenters. The summed E-state index contributed by atoms with van der Waals surface area (Å²) in [6.45, 7) is 0. The second-order valence-electron chi connectivity index (χ2n) is 2.23. The molecule has 3 N–H and O–H groups in total. The molecule has 1 aromatic rings. The Morgan fingerprint density at radius 2 is 2.33 bits per heavy atom. The van der Waals surface area contributed by atoms with Gasteiger partial charge in [-0.3, -0.25) is 0 Å². The van der Waals surface area contributed by atoms with Crippen LogP contribution < -0.4 is 5.73 Å². The predicted octanol–water partition coefficient (Wildman–Crippen LogP) is 0.857. The molecule has 0 aromatic carbocycles. The maximum absolute atomic E-state index is 11.1. The first-order valence-electron chi connectivity index (χ1n) is 2.93. The molecule has 66 valence electrons. The lowest BCUT2D eigenvalue weighted by Gasteiger charge is -2.00. The van der Waals surface area contributed by atoms with E-state index in [0.717, 1.165) is 0 Å². The van der Waals surface area contributed by atoms with E-state index in [2.05, 4.69) is 25.9 Å². The molecule has 0 radical (unpaired) electrons. The Labute approximate surface area is 78.5 Å². The second kappa shape index (κ2) is 2.98. The molecule has 0 spiro atoms. The molecule has 0 fully saturated rings. The quantitative estimate of drug-likeness (QED) is 0.724. The van der Waals surface area contributed by atoms with Crippen molar-refractivity contribution >= 4 is 31.5 Å². The Balaban J connectivity index is 3.33. The van der Waals surface area contributed by atoms with Crippen LogP contribution in [0, 0.1) is 4.78 Å². The SMILES string of the molecule is CS(=N)(=O)c1ncc(Br)c(N)n1. The molecule has 1 rings (SSSR count). The average molecular weight is 251 g/mol. The van der Waals surface area contributed by atoms with Crippen LogP contribution in [0.1, 0.15) is 0 Å². The monoisotopic (exact) mass is 250 g/mol. The number of rotatable bonds is 1.